The molecule has 0 aliphatic rings. The average molecular weight is 848 g/mol. The van der Waals surface area contributed by atoms with Crippen molar-refractivity contribution in [3.8, 4) is 90.0 Å². The summed E-state index contributed by atoms with van der Waals surface area (Å²) in [5.74, 6) is 0.190. The van der Waals surface area contributed by atoms with E-state index in [9.17, 15) is 5.11 Å². The zero-order valence-corrected chi connectivity index (χ0v) is 36.1. The Morgan fingerprint density at radius 1 is 0.379 bits per heavy atom. The van der Waals surface area contributed by atoms with Gasteiger partial charge in [-0.3, -0.25) is 4.98 Å². The molecule has 4 aromatic heterocycles. The number of fused-ring (bicyclic) bond motifs is 4. The van der Waals surface area contributed by atoms with Crippen LogP contribution in [0.5, 0.6) is 5.75 Å². The highest BCUT2D eigenvalue weighted by molar-refractivity contribution is 6.12. The Kier molecular flexibility index (Phi) is 9.46. The molecule has 4 heterocycles. The van der Waals surface area contributed by atoms with Crippen molar-refractivity contribution in [2.45, 2.75) is 6.92 Å². The van der Waals surface area contributed by atoms with Gasteiger partial charge in [-0.2, -0.15) is 0 Å². The first-order chi connectivity index (χ1) is 32.5. The quantitative estimate of drug-likeness (QED) is 0.165. The van der Waals surface area contributed by atoms with Crippen LogP contribution in [0.2, 0.25) is 0 Å². The summed E-state index contributed by atoms with van der Waals surface area (Å²) in [6, 6.07) is 77.5. The lowest BCUT2D eigenvalue weighted by molar-refractivity contribution is 0.477. The zero-order valence-electron chi connectivity index (χ0n) is 36.1. The molecular weight excluding hydrogens is 807 g/mol. The van der Waals surface area contributed by atoms with Crippen molar-refractivity contribution >= 4 is 32.7 Å². The van der Waals surface area contributed by atoms with Gasteiger partial charge in [-0.25, -0.2) is 4.98 Å². The molecule has 0 aliphatic heterocycles. The summed E-state index contributed by atoms with van der Waals surface area (Å²) in [6.07, 6.45) is 0. The molecule has 66 heavy (non-hydrogen) atoms. The summed E-state index contributed by atoms with van der Waals surface area (Å²) >= 11 is 0. The van der Waals surface area contributed by atoms with E-state index in [2.05, 4.69) is 181 Å². The van der Waals surface area contributed by atoms with Crippen LogP contribution in [0.3, 0.4) is 0 Å². The van der Waals surface area contributed by atoms with Crippen LogP contribution in [0, 0.1) is 6.92 Å². The van der Waals surface area contributed by atoms with Gasteiger partial charge in [0, 0.05) is 66.3 Å². The number of nitrogens with zero attached hydrogens (tertiary/aromatic N) is 3. The molecule has 0 amide bonds. The number of rotatable bonds is 8. The van der Waals surface area contributed by atoms with E-state index in [0.29, 0.717) is 11.3 Å². The van der Waals surface area contributed by atoms with Gasteiger partial charge in [0.1, 0.15) is 16.9 Å². The lowest BCUT2D eigenvalue weighted by Gasteiger charge is -2.16. The van der Waals surface area contributed by atoms with Gasteiger partial charge < -0.3 is 14.1 Å². The molecule has 0 saturated heterocycles. The standard InChI is InChI=1S/C61H41N3O2/c1-39-33-46(37-54(62-39)42-21-15-22-43(34-42)55-35-45(40-17-5-2-6-18-40)36-56(63-55)53-27-13-14-30-57(53)65)60-51-26-12-11-25-50(51)59(64(60)47-23-9-4-10-24-47)44-31-32-49-52-29-16-28-48(41-19-7-3-8-20-41)61(52)66-58(49)38-44/h2-38,65H,1H3. The number of pyridine rings is 2. The van der Waals surface area contributed by atoms with E-state index in [4.69, 9.17) is 14.4 Å². The third kappa shape index (κ3) is 6.82. The van der Waals surface area contributed by atoms with E-state index in [0.717, 1.165) is 111 Å². The molecule has 5 heteroatoms. The molecule has 0 aliphatic carbocycles. The normalized spacial score (nSPS) is 11.5. The number of para-hydroxylation sites is 3. The molecule has 0 saturated carbocycles. The number of aryl methyl sites for hydroxylation is 1. The second-order valence-corrected chi connectivity index (χ2v) is 16.7. The number of benzene rings is 8. The van der Waals surface area contributed by atoms with E-state index in [1.807, 2.05) is 48.5 Å². The minimum absolute atomic E-state index is 0.190. The van der Waals surface area contributed by atoms with Crippen molar-refractivity contribution in [2.75, 3.05) is 0 Å². The Bertz CT molecular complexity index is 3780. The van der Waals surface area contributed by atoms with Crippen LogP contribution in [-0.4, -0.2) is 19.6 Å². The Balaban J connectivity index is 1.02. The maximum atomic E-state index is 10.9. The molecule has 0 spiro atoms. The third-order valence-corrected chi connectivity index (χ3v) is 12.5. The lowest BCUT2D eigenvalue weighted by atomic mass is 9.98. The van der Waals surface area contributed by atoms with Gasteiger partial charge in [0.05, 0.1) is 28.5 Å². The molecule has 0 atom stereocenters. The number of aromatic hydroxyl groups is 1. The maximum absolute atomic E-state index is 10.9. The highest BCUT2D eigenvalue weighted by Gasteiger charge is 2.23. The first kappa shape index (κ1) is 38.8. The summed E-state index contributed by atoms with van der Waals surface area (Å²) in [4.78, 5) is 10.3. The van der Waals surface area contributed by atoms with Gasteiger partial charge in [0.25, 0.3) is 0 Å². The second kappa shape index (κ2) is 16.1. The first-order valence-electron chi connectivity index (χ1n) is 22.2. The summed E-state index contributed by atoms with van der Waals surface area (Å²) in [7, 11) is 0. The number of phenols is 1. The molecule has 0 radical (unpaired) electrons. The van der Waals surface area contributed by atoms with E-state index >= 15 is 0 Å². The molecular formula is C61H41N3O2. The van der Waals surface area contributed by atoms with E-state index < -0.39 is 0 Å². The fraction of sp³-hybridized carbons (Fsp3) is 0.0164. The third-order valence-electron chi connectivity index (χ3n) is 12.5. The molecule has 5 nitrogen and oxygen atoms in total. The van der Waals surface area contributed by atoms with Crippen LogP contribution in [-0.2, 0) is 0 Å². The molecule has 0 unspecified atom stereocenters. The minimum Gasteiger partial charge on any atom is -0.507 e. The zero-order chi connectivity index (χ0) is 44.1. The van der Waals surface area contributed by atoms with Crippen LogP contribution in [0.4, 0.5) is 0 Å². The predicted octanol–water partition coefficient (Wildman–Crippen LogP) is 16.0. The average Bonchev–Trinajstić information content (AvgIpc) is 3.93. The fourth-order valence-electron chi connectivity index (χ4n) is 9.54. The Hall–Kier alpha value is -8.80. The van der Waals surface area contributed by atoms with Crippen molar-refractivity contribution in [2.24, 2.45) is 0 Å². The minimum atomic E-state index is 0.190. The molecule has 12 aromatic rings. The summed E-state index contributed by atoms with van der Waals surface area (Å²) < 4.78 is 9.20. The van der Waals surface area contributed by atoms with E-state index in [1.54, 1.807) is 6.07 Å². The van der Waals surface area contributed by atoms with Gasteiger partial charge in [-0.1, -0.05) is 158 Å². The van der Waals surface area contributed by atoms with Gasteiger partial charge in [-0.15, -0.1) is 0 Å². The van der Waals surface area contributed by atoms with Gasteiger partial charge in [-0.05, 0) is 90.3 Å². The molecule has 8 aromatic carbocycles. The van der Waals surface area contributed by atoms with Crippen molar-refractivity contribution in [1.29, 1.82) is 0 Å². The summed E-state index contributed by atoms with van der Waals surface area (Å²) in [5, 5.41) is 15.4. The predicted molar refractivity (Wildman–Crippen MR) is 271 cm³/mol. The van der Waals surface area contributed by atoms with Crippen LogP contribution in [0.15, 0.2) is 229 Å². The van der Waals surface area contributed by atoms with Crippen LogP contribution < -0.4 is 0 Å². The summed E-state index contributed by atoms with van der Waals surface area (Å²) in [5.41, 5.74) is 17.2. The van der Waals surface area contributed by atoms with Crippen molar-refractivity contribution in [3.05, 3.63) is 230 Å². The molecule has 0 bridgehead atoms. The monoisotopic (exact) mass is 847 g/mol. The van der Waals surface area contributed by atoms with Crippen LogP contribution >= 0.6 is 0 Å². The first-order valence-corrected chi connectivity index (χ1v) is 22.2. The Morgan fingerprint density at radius 3 is 1.68 bits per heavy atom. The van der Waals surface area contributed by atoms with Crippen molar-refractivity contribution in [3.63, 3.8) is 0 Å². The molecule has 312 valence electrons. The van der Waals surface area contributed by atoms with Crippen molar-refractivity contribution in [1.82, 2.24) is 14.5 Å². The smallest absolute Gasteiger partial charge is 0.143 e. The number of furan rings is 1. The lowest BCUT2D eigenvalue weighted by Crippen LogP contribution is -2.00. The largest absolute Gasteiger partial charge is 0.507 e. The number of phenolic OH excluding ortho intramolecular Hbond substituents is 1. The highest BCUT2D eigenvalue weighted by atomic mass is 16.3. The van der Waals surface area contributed by atoms with Crippen LogP contribution in [0.25, 0.3) is 117 Å². The van der Waals surface area contributed by atoms with Gasteiger partial charge >= 0.3 is 0 Å². The van der Waals surface area contributed by atoms with Crippen molar-refractivity contribution < 1.29 is 9.52 Å². The Morgan fingerprint density at radius 2 is 0.939 bits per heavy atom. The van der Waals surface area contributed by atoms with Gasteiger partial charge in [0.15, 0.2) is 0 Å². The number of aromatic nitrogens is 3. The molecule has 0 fully saturated rings. The van der Waals surface area contributed by atoms with Gasteiger partial charge in [0.2, 0.25) is 0 Å². The molecule has 1 N–H and O–H groups in total. The number of hydrogen-bond donors (Lipinski definition) is 1. The topological polar surface area (TPSA) is 64.1 Å². The number of hydrogen-bond acceptors (Lipinski definition) is 4. The van der Waals surface area contributed by atoms with Crippen LogP contribution in [0.1, 0.15) is 5.69 Å². The highest BCUT2D eigenvalue weighted by Crippen LogP contribution is 2.45. The fourth-order valence-corrected chi connectivity index (χ4v) is 9.54. The Labute approximate surface area is 382 Å². The maximum Gasteiger partial charge on any atom is 0.143 e. The van der Waals surface area contributed by atoms with E-state index in [-0.39, 0.29) is 5.75 Å². The summed E-state index contributed by atoms with van der Waals surface area (Å²) in [6.45, 7) is 2.07. The second-order valence-electron chi connectivity index (χ2n) is 16.7. The molecule has 12 rings (SSSR count). The van der Waals surface area contributed by atoms with E-state index in [1.165, 1.54) is 0 Å². The SMILES string of the molecule is Cc1cc(-c2c3ccccc3c(-c3ccc4c(c3)oc3c(-c5ccccc5)cccc34)n2-c2ccccc2)cc(-c2cccc(-c3cc(-c4ccccc4)cc(-c4ccccc4O)n3)c2)n1.